The van der Waals surface area contributed by atoms with Crippen molar-refractivity contribution in [3.63, 3.8) is 0 Å². The number of piperazine rings is 1. The van der Waals surface area contributed by atoms with Crippen molar-refractivity contribution in [2.24, 2.45) is 0 Å². The number of carbonyl (C=O) groups excluding carboxylic acids is 1. The van der Waals surface area contributed by atoms with Crippen LogP contribution in [0.4, 0.5) is 19.0 Å². The van der Waals surface area contributed by atoms with E-state index in [1.54, 1.807) is 4.90 Å². The van der Waals surface area contributed by atoms with Crippen LogP contribution in [-0.4, -0.2) is 64.6 Å². The van der Waals surface area contributed by atoms with E-state index in [9.17, 15) is 23.1 Å². The Balaban J connectivity index is 1.48. The lowest BCUT2D eigenvalue weighted by atomic mass is 9.95. The Hall–Kier alpha value is -2.72. The van der Waals surface area contributed by atoms with Crippen molar-refractivity contribution < 1.29 is 23.1 Å². The number of fused-ring (bicyclic) bond motifs is 1. The summed E-state index contributed by atoms with van der Waals surface area (Å²) >= 11 is 0. The van der Waals surface area contributed by atoms with Gasteiger partial charge in [-0.2, -0.15) is 13.2 Å². The summed E-state index contributed by atoms with van der Waals surface area (Å²) in [4.78, 5) is 26.2. The Morgan fingerprint density at radius 3 is 2.40 bits per heavy atom. The first kappa shape index (κ1) is 25.4. The highest BCUT2D eigenvalue weighted by Crippen LogP contribution is 2.42. The molecule has 1 aromatic carbocycles. The molecule has 1 aliphatic carbocycles. The van der Waals surface area contributed by atoms with Crippen LogP contribution in [-0.2, 0) is 11.0 Å². The second-order valence-electron chi connectivity index (χ2n) is 9.70. The number of carbonyl (C=O) groups is 1. The zero-order valence-corrected chi connectivity index (χ0v) is 20.2. The van der Waals surface area contributed by atoms with Gasteiger partial charge in [0, 0.05) is 44.3 Å². The third-order valence-corrected chi connectivity index (χ3v) is 6.84. The minimum absolute atomic E-state index is 0.103. The molecule has 0 spiro atoms. The molecule has 2 N–H and O–H groups in total. The van der Waals surface area contributed by atoms with Crippen LogP contribution >= 0.6 is 0 Å². The highest BCUT2D eigenvalue weighted by Gasteiger charge is 2.35. The quantitative estimate of drug-likeness (QED) is 0.644. The van der Waals surface area contributed by atoms with Crippen LogP contribution in [0.3, 0.4) is 0 Å². The smallest absolute Gasteiger partial charge is 0.387 e. The number of hydrogen-bond donors (Lipinski definition) is 2. The van der Waals surface area contributed by atoms with E-state index in [1.807, 2.05) is 13.8 Å². The van der Waals surface area contributed by atoms with Crippen molar-refractivity contribution in [3.8, 4) is 0 Å². The van der Waals surface area contributed by atoms with E-state index in [4.69, 9.17) is 0 Å². The first-order chi connectivity index (χ1) is 16.6. The SMILES string of the molecule is CC(C)NC[C@@H](C(=O)N1CCN(c2ncnc3c2[C@H](C)C[C@H]3O)CC1)c1ccc(C(F)(F)F)cc1. The fraction of sp³-hybridized carbons (Fsp3) is 0.560. The van der Waals surface area contributed by atoms with Crippen LogP contribution in [0, 0.1) is 0 Å². The molecule has 4 rings (SSSR count). The molecule has 3 atom stereocenters. The number of nitrogens with zero attached hydrogens (tertiary/aromatic N) is 4. The number of anilines is 1. The lowest BCUT2D eigenvalue weighted by Crippen LogP contribution is -2.51. The molecule has 0 unspecified atom stereocenters. The summed E-state index contributed by atoms with van der Waals surface area (Å²) in [6.45, 7) is 8.44. The predicted octanol–water partition coefficient (Wildman–Crippen LogP) is 3.47. The normalized spacial score (nSPS) is 21.4. The number of halogens is 3. The van der Waals surface area contributed by atoms with Gasteiger partial charge in [-0.05, 0) is 30.0 Å². The van der Waals surface area contributed by atoms with E-state index in [1.165, 1.54) is 18.5 Å². The van der Waals surface area contributed by atoms with E-state index in [-0.39, 0.29) is 17.9 Å². The molecule has 7 nitrogen and oxygen atoms in total. The van der Waals surface area contributed by atoms with Gasteiger partial charge in [-0.1, -0.05) is 32.9 Å². The van der Waals surface area contributed by atoms with Gasteiger partial charge in [0.15, 0.2) is 0 Å². The number of aromatic nitrogens is 2. The Morgan fingerprint density at radius 1 is 1.14 bits per heavy atom. The molecule has 2 aromatic rings. The Labute approximate surface area is 203 Å². The molecule has 10 heteroatoms. The molecule has 0 radical (unpaired) electrons. The summed E-state index contributed by atoms with van der Waals surface area (Å²) in [5, 5.41) is 13.5. The second kappa shape index (κ2) is 10.1. The molecule has 2 heterocycles. The molecular formula is C25H32F3N5O2. The first-order valence-electron chi connectivity index (χ1n) is 12.0. The maximum Gasteiger partial charge on any atom is 0.416 e. The number of aliphatic hydroxyl groups excluding tert-OH is 1. The summed E-state index contributed by atoms with van der Waals surface area (Å²) in [5.41, 5.74) is 1.50. The average Bonchev–Trinajstić information content (AvgIpc) is 3.12. The number of nitrogens with one attached hydrogen (secondary N) is 1. The number of hydrogen-bond acceptors (Lipinski definition) is 6. The number of alkyl halides is 3. The number of benzene rings is 1. The van der Waals surface area contributed by atoms with Crippen molar-refractivity contribution in [3.05, 3.63) is 53.0 Å². The Bertz CT molecular complexity index is 1040. The van der Waals surface area contributed by atoms with Crippen LogP contribution in [0.15, 0.2) is 30.6 Å². The lowest BCUT2D eigenvalue weighted by Gasteiger charge is -2.38. The second-order valence-corrected chi connectivity index (χ2v) is 9.70. The van der Waals surface area contributed by atoms with E-state index in [0.717, 1.165) is 23.5 Å². The third-order valence-electron chi connectivity index (χ3n) is 6.84. The van der Waals surface area contributed by atoms with Gasteiger partial charge in [-0.15, -0.1) is 0 Å². The van der Waals surface area contributed by atoms with Crippen LogP contribution in [0.1, 0.15) is 67.5 Å². The first-order valence-corrected chi connectivity index (χ1v) is 12.0. The van der Waals surface area contributed by atoms with Crippen LogP contribution < -0.4 is 10.2 Å². The summed E-state index contributed by atoms with van der Waals surface area (Å²) in [6, 6.07) is 5.01. The Morgan fingerprint density at radius 2 is 1.80 bits per heavy atom. The maximum atomic E-state index is 13.5. The fourth-order valence-corrected chi connectivity index (χ4v) is 4.92. The van der Waals surface area contributed by atoms with Gasteiger partial charge in [0.2, 0.25) is 5.91 Å². The van der Waals surface area contributed by atoms with Crippen LogP contribution in [0.25, 0.3) is 0 Å². The lowest BCUT2D eigenvalue weighted by molar-refractivity contribution is -0.137. The highest BCUT2D eigenvalue weighted by molar-refractivity contribution is 5.84. The van der Waals surface area contributed by atoms with Crippen molar-refractivity contribution in [2.45, 2.75) is 57.3 Å². The fourth-order valence-electron chi connectivity index (χ4n) is 4.92. The molecule has 1 aliphatic heterocycles. The molecule has 0 bridgehead atoms. The average molecular weight is 492 g/mol. The van der Waals surface area contributed by atoms with Gasteiger partial charge in [-0.25, -0.2) is 9.97 Å². The molecule has 1 aromatic heterocycles. The molecule has 1 amide bonds. The Kier molecular flexibility index (Phi) is 7.32. The van der Waals surface area contributed by atoms with Crippen molar-refractivity contribution >= 4 is 11.7 Å². The summed E-state index contributed by atoms with van der Waals surface area (Å²) in [5.74, 6) is 0.285. The maximum absolute atomic E-state index is 13.5. The van der Waals surface area contributed by atoms with E-state index in [0.29, 0.717) is 50.4 Å². The largest absolute Gasteiger partial charge is 0.416 e. The standard InChI is InChI=1S/C25H32F3N5O2/c1-15(2)29-13-19(17-4-6-18(7-5-17)25(26,27)28)24(35)33-10-8-32(9-11-33)23-21-16(3)12-20(34)22(21)30-14-31-23/h4-7,14-16,19-20,29,34H,8-13H2,1-3H3/t16-,19-,20-/m1/s1. The van der Waals surface area contributed by atoms with Gasteiger partial charge in [0.05, 0.1) is 23.3 Å². The topological polar surface area (TPSA) is 81.6 Å². The summed E-state index contributed by atoms with van der Waals surface area (Å²) in [6.07, 6.45) is -2.90. The van der Waals surface area contributed by atoms with Crippen LogP contribution in [0.5, 0.6) is 0 Å². The molecule has 2 aliphatic rings. The molecule has 190 valence electrons. The minimum atomic E-state index is -4.42. The van der Waals surface area contributed by atoms with Gasteiger partial charge >= 0.3 is 6.18 Å². The molecule has 1 saturated heterocycles. The molecular weight excluding hydrogens is 459 g/mol. The monoisotopic (exact) mass is 491 g/mol. The van der Waals surface area contributed by atoms with Gasteiger partial charge in [0.25, 0.3) is 0 Å². The highest BCUT2D eigenvalue weighted by atomic mass is 19.4. The summed E-state index contributed by atoms with van der Waals surface area (Å²) < 4.78 is 39.0. The molecule has 35 heavy (non-hydrogen) atoms. The number of aliphatic hydroxyl groups is 1. The van der Waals surface area contributed by atoms with Crippen molar-refractivity contribution in [1.29, 1.82) is 0 Å². The zero-order chi connectivity index (χ0) is 25.3. The number of rotatable bonds is 6. The van der Waals surface area contributed by atoms with E-state index in [2.05, 4.69) is 27.1 Å². The molecule has 1 fully saturated rings. The van der Waals surface area contributed by atoms with Gasteiger partial charge in [0.1, 0.15) is 12.1 Å². The van der Waals surface area contributed by atoms with Crippen molar-refractivity contribution in [2.75, 3.05) is 37.6 Å². The third kappa shape index (κ3) is 5.43. The number of amides is 1. The zero-order valence-electron chi connectivity index (χ0n) is 20.2. The van der Waals surface area contributed by atoms with E-state index < -0.39 is 23.8 Å². The van der Waals surface area contributed by atoms with Crippen LogP contribution in [0.2, 0.25) is 0 Å². The van der Waals surface area contributed by atoms with Crippen molar-refractivity contribution in [1.82, 2.24) is 20.2 Å². The van der Waals surface area contributed by atoms with Gasteiger partial charge in [-0.3, -0.25) is 4.79 Å². The predicted molar refractivity (Wildman–Crippen MR) is 126 cm³/mol. The van der Waals surface area contributed by atoms with E-state index >= 15 is 0 Å². The molecule has 0 saturated carbocycles. The van der Waals surface area contributed by atoms with Gasteiger partial charge < -0.3 is 20.2 Å². The minimum Gasteiger partial charge on any atom is -0.387 e. The summed E-state index contributed by atoms with van der Waals surface area (Å²) in [7, 11) is 0.